The lowest BCUT2D eigenvalue weighted by molar-refractivity contribution is 0.635. The van der Waals surface area contributed by atoms with Gasteiger partial charge in [-0.1, -0.05) is 0 Å². The van der Waals surface area contributed by atoms with Gasteiger partial charge in [-0.15, -0.1) is 0 Å². The van der Waals surface area contributed by atoms with Gasteiger partial charge in [-0.25, -0.2) is 4.39 Å². The third-order valence-corrected chi connectivity index (χ3v) is 0.819. The fourth-order valence-corrected chi connectivity index (χ4v) is 0.466. The van der Waals surface area contributed by atoms with E-state index in [1.807, 2.05) is 0 Å². The smallest absolute Gasteiger partial charge is 0.166 e. The van der Waals surface area contributed by atoms with Crippen LogP contribution in [0.1, 0.15) is 0 Å². The molecule has 0 saturated heterocycles. The van der Waals surface area contributed by atoms with Gasteiger partial charge in [-0.05, 0) is 0 Å². The van der Waals surface area contributed by atoms with Gasteiger partial charge in [0.2, 0.25) is 0 Å². The normalized spacial score (nSPS) is 9.62. The van der Waals surface area contributed by atoms with Crippen molar-refractivity contribution in [1.29, 1.82) is 0 Å². The first kappa shape index (κ1) is 4.96. The van der Waals surface area contributed by atoms with E-state index < -0.39 is 5.82 Å². The molecular formula is C4H6FN3. The van der Waals surface area contributed by atoms with Crippen LogP contribution in [0.3, 0.4) is 0 Å². The molecule has 0 amide bonds. The molecule has 1 heterocycles. The van der Waals surface area contributed by atoms with E-state index in [4.69, 9.17) is 11.5 Å². The molecule has 5 N–H and O–H groups in total. The number of aromatic nitrogens is 1. The maximum Gasteiger partial charge on any atom is 0.166 e. The number of rotatable bonds is 0. The van der Waals surface area contributed by atoms with Crippen molar-refractivity contribution in [2.24, 2.45) is 0 Å². The summed E-state index contributed by atoms with van der Waals surface area (Å²) in [6.45, 7) is 0. The molecule has 0 aromatic carbocycles. The van der Waals surface area contributed by atoms with E-state index in [0.29, 0.717) is 0 Å². The Kier molecular flexibility index (Phi) is 0.865. The standard InChI is InChI=1S/C4H6FN3/c5-2-1-3(6)8-4(2)7/h1,8H,6-7H2. The minimum Gasteiger partial charge on any atom is -0.385 e. The number of nitrogens with one attached hydrogen (secondary N) is 1. The summed E-state index contributed by atoms with van der Waals surface area (Å²) in [6.07, 6.45) is 0. The minimum atomic E-state index is -0.498. The van der Waals surface area contributed by atoms with Crippen molar-refractivity contribution in [3.8, 4) is 0 Å². The molecule has 0 atom stereocenters. The van der Waals surface area contributed by atoms with Crippen LogP contribution >= 0.6 is 0 Å². The highest BCUT2D eigenvalue weighted by atomic mass is 19.1. The van der Waals surface area contributed by atoms with Crippen LogP contribution in [-0.4, -0.2) is 4.98 Å². The van der Waals surface area contributed by atoms with E-state index in [2.05, 4.69) is 4.98 Å². The van der Waals surface area contributed by atoms with E-state index in [1.54, 1.807) is 0 Å². The Bertz CT molecular complexity index is 174. The van der Waals surface area contributed by atoms with Crippen molar-refractivity contribution in [3.05, 3.63) is 11.9 Å². The third kappa shape index (κ3) is 0.598. The summed E-state index contributed by atoms with van der Waals surface area (Å²) in [4.78, 5) is 2.39. The van der Waals surface area contributed by atoms with E-state index in [-0.39, 0.29) is 11.6 Å². The second-order valence-electron chi connectivity index (χ2n) is 1.49. The number of aromatic amines is 1. The van der Waals surface area contributed by atoms with Crippen LogP contribution in [0, 0.1) is 5.82 Å². The molecular weight excluding hydrogens is 109 g/mol. The highest BCUT2D eigenvalue weighted by molar-refractivity contribution is 5.43. The Labute approximate surface area is 45.5 Å². The van der Waals surface area contributed by atoms with Crippen molar-refractivity contribution in [2.75, 3.05) is 11.5 Å². The molecule has 0 aliphatic rings. The third-order valence-electron chi connectivity index (χ3n) is 0.819. The van der Waals surface area contributed by atoms with Gasteiger partial charge < -0.3 is 16.5 Å². The Morgan fingerprint density at radius 3 is 2.25 bits per heavy atom. The lowest BCUT2D eigenvalue weighted by Crippen LogP contribution is -1.87. The second kappa shape index (κ2) is 1.40. The van der Waals surface area contributed by atoms with Crippen LogP contribution in [0.2, 0.25) is 0 Å². The van der Waals surface area contributed by atoms with Gasteiger partial charge in [0.25, 0.3) is 0 Å². The van der Waals surface area contributed by atoms with Gasteiger partial charge in [0.1, 0.15) is 11.6 Å². The first-order valence-corrected chi connectivity index (χ1v) is 2.09. The van der Waals surface area contributed by atoms with Crippen molar-refractivity contribution in [1.82, 2.24) is 4.98 Å². The fourth-order valence-electron chi connectivity index (χ4n) is 0.466. The minimum absolute atomic E-state index is 0.0116. The molecule has 0 spiro atoms. The molecule has 1 aromatic rings. The zero-order chi connectivity index (χ0) is 6.15. The molecule has 0 aliphatic heterocycles. The summed E-state index contributed by atoms with van der Waals surface area (Å²) in [5.74, 6) is -0.259. The number of hydrogen-bond donors (Lipinski definition) is 3. The first-order valence-electron chi connectivity index (χ1n) is 2.09. The zero-order valence-corrected chi connectivity index (χ0v) is 4.11. The summed E-state index contributed by atoms with van der Waals surface area (Å²) in [7, 11) is 0. The Morgan fingerprint density at radius 2 is 2.12 bits per heavy atom. The lowest BCUT2D eigenvalue weighted by atomic mass is 10.6. The summed E-state index contributed by atoms with van der Waals surface area (Å²) in [5.41, 5.74) is 10.1. The number of halogens is 1. The van der Waals surface area contributed by atoms with Crippen LogP contribution in [-0.2, 0) is 0 Å². The summed E-state index contributed by atoms with van der Waals surface area (Å²) in [6, 6.07) is 1.13. The second-order valence-corrected chi connectivity index (χ2v) is 1.49. The van der Waals surface area contributed by atoms with Crippen molar-refractivity contribution >= 4 is 11.6 Å². The van der Waals surface area contributed by atoms with Crippen LogP contribution in [0.15, 0.2) is 6.07 Å². The van der Waals surface area contributed by atoms with Crippen molar-refractivity contribution < 1.29 is 4.39 Å². The quantitative estimate of drug-likeness (QED) is 0.455. The maximum atomic E-state index is 12.1. The molecule has 44 valence electrons. The molecule has 0 aliphatic carbocycles. The lowest BCUT2D eigenvalue weighted by Gasteiger charge is -1.80. The van der Waals surface area contributed by atoms with Crippen LogP contribution in [0.25, 0.3) is 0 Å². The molecule has 0 fully saturated rings. The fraction of sp³-hybridized carbons (Fsp3) is 0. The van der Waals surface area contributed by atoms with E-state index >= 15 is 0 Å². The van der Waals surface area contributed by atoms with Crippen LogP contribution in [0.5, 0.6) is 0 Å². The zero-order valence-electron chi connectivity index (χ0n) is 4.11. The van der Waals surface area contributed by atoms with Crippen LogP contribution < -0.4 is 11.5 Å². The van der Waals surface area contributed by atoms with E-state index in [9.17, 15) is 4.39 Å². The molecule has 4 heteroatoms. The SMILES string of the molecule is Nc1cc(F)c(N)[nH]1. The summed E-state index contributed by atoms with van der Waals surface area (Å²) >= 11 is 0. The van der Waals surface area contributed by atoms with Gasteiger partial charge in [0, 0.05) is 6.07 Å². The number of H-pyrrole nitrogens is 1. The Morgan fingerprint density at radius 1 is 1.50 bits per heavy atom. The number of anilines is 2. The number of nitrogens with two attached hydrogens (primary N) is 2. The molecule has 8 heavy (non-hydrogen) atoms. The Hall–Kier alpha value is -1.19. The average Bonchev–Trinajstić information content (AvgIpc) is 1.85. The molecule has 1 rings (SSSR count). The number of nitrogen functional groups attached to an aromatic ring is 2. The van der Waals surface area contributed by atoms with Gasteiger partial charge in [-0.3, -0.25) is 0 Å². The number of hydrogen-bond acceptors (Lipinski definition) is 2. The molecule has 0 radical (unpaired) electrons. The van der Waals surface area contributed by atoms with Crippen molar-refractivity contribution in [3.63, 3.8) is 0 Å². The summed E-state index contributed by atoms with van der Waals surface area (Å²) < 4.78 is 12.1. The largest absolute Gasteiger partial charge is 0.385 e. The molecule has 0 saturated carbocycles. The monoisotopic (exact) mass is 115 g/mol. The van der Waals surface area contributed by atoms with Gasteiger partial charge in [0.05, 0.1) is 0 Å². The van der Waals surface area contributed by atoms with Crippen molar-refractivity contribution in [2.45, 2.75) is 0 Å². The first-order chi connectivity index (χ1) is 3.70. The van der Waals surface area contributed by atoms with Gasteiger partial charge in [-0.2, -0.15) is 0 Å². The van der Waals surface area contributed by atoms with Crippen LogP contribution in [0.4, 0.5) is 16.0 Å². The molecule has 0 unspecified atom stereocenters. The average molecular weight is 115 g/mol. The predicted molar refractivity (Wildman–Crippen MR) is 29.6 cm³/mol. The molecule has 3 nitrogen and oxygen atoms in total. The highest BCUT2D eigenvalue weighted by Crippen LogP contribution is 2.10. The van der Waals surface area contributed by atoms with Gasteiger partial charge >= 0.3 is 0 Å². The topological polar surface area (TPSA) is 67.8 Å². The van der Waals surface area contributed by atoms with E-state index in [0.717, 1.165) is 6.07 Å². The maximum absolute atomic E-state index is 12.1. The van der Waals surface area contributed by atoms with Gasteiger partial charge in [0.15, 0.2) is 5.82 Å². The molecule has 0 bridgehead atoms. The highest BCUT2D eigenvalue weighted by Gasteiger charge is 1.98. The predicted octanol–water partition coefficient (Wildman–Crippen LogP) is 0.318. The van der Waals surface area contributed by atoms with E-state index in [1.165, 1.54) is 0 Å². The Balaban J connectivity index is 3.14. The summed E-state index contributed by atoms with van der Waals surface area (Å²) in [5, 5.41) is 0. The molecule has 1 aromatic heterocycles.